The number of rotatable bonds is 4. The number of aryl methyl sites for hydroxylation is 2. The Balaban J connectivity index is 1.69. The van der Waals surface area contributed by atoms with Crippen molar-refractivity contribution in [1.82, 2.24) is 4.98 Å². The van der Waals surface area contributed by atoms with Gasteiger partial charge in [0, 0.05) is 11.6 Å². The van der Waals surface area contributed by atoms with E-state index in [-0.39, 0.29) is 0 Å². The first-order valence-electron chi connectivity index (χ1n) is 8.37. The highest BCUT2D eigenvalue weighted by molar-refractivity contribution is 5.94. The minimum atomic E-state index is 1.04. The van der Waals surface area contributed by atoms with Gasteiger partial charge in [0.1, 0.15) is 0 Å². The van der Waals surface area contributed by atoms with E-state index in [1.807, 2.05) is 6.20 Å². The number of nitrogens with zero attached hydrogens (tertiary/aromatic N) is 1. The lowest BCUT2D eigenvalue weighted by Gasteiger charge is -2.09. The Bertz CT molecular complexity index is 943. The molecular formula is C23H19N. The zero-order valence-corrected chi connectivity index (χ0v) is 13.5. The summed E-state index contributed by atoms with van der Waals surface area (Å²) in [5.74, 6) is 0. The quantitative estimate of drug-likeness (QED) is 0.472. The summed E-state index contributed by atoms with van der Waals surface area (Å²) >= 11 is 0. The Hall–Kier alpha value is -2.93. The van der Waals surface area contributed by atoms with Gasteiger partial charge in [-0.2, -0.15) is 0 Å². The first-order chi connectivity index (χ1) is 11.9. The van der Waals surface area contributed by atoms with Crippen molar-refractivity contribution in [2.24, 2.45) is 0 Å². The molecule has 1 heteroatoms. The van der Waals surface area contributed by atoms with Gasteiger partial charge in [0.15, 0.2) is 0 Å². The van der Waals surface area contributed by atoms with Crippen LogP contribution < -0.4 is 0 Å². The molecule has 0 amide bonds. The average Bonchev–Trinajstić information content (AvgIpc) is 2.67. The number of aromatic nitrogens is 1. The standard InChI is InChI=1S/C23H19N/c1-3-7-18(8-4-1)11-12-19-13-14-23-22(17-19)21(15-16-24-23)20-9-5-2-6-10-20/h1-10,13-17H,11-12H2. The number of pyridine rings is 1. The second-order valence-corrected chi connectivity index (χ2v) is 6.06. The first kappa shape index (κ1) is 14.6. The van der Waals surface area contributed by atoms with Crippen LogP contribution >= 0.6 is 0 Å². The molecule has 0 radical (unpaired) electrons. The van der Waals surface area contributed by atoms with Crippen molar-refractivity contribution in [3.63, 3.8) is 0 Å². The maximum absolute atomic E-state index is 4.53. The summed E-state index contributed by atoms with van der Waals surface area (Å²) in [6, 6.07) is 30.0. The lowest BCUT2D eigenvalue weighted by molar-refractivity contribution is 0.962. The molecule has 0 unspecified atom stereocenters. The average molecular weight is 309 g/mol. The molecule has 1 heterocycles. The monoisotopic (exact) mass is 309 g/mol. The van der Waals surface area contributed by atoms with Crippen LogP contribution in [0, 0.1) is 0 Å². The van der Waals surface area contributed by atoms with Crippen molar-refractivity contribution in [3.8, 4) is 11.1 Å². The lowest BCUT2D eigenvalue weighted by atomic mass is 9.97. The molecule has 1 aromatic heterocycles. The van der Waals surface area contributed by atoms with Crippen molar-refractivity contribution in [2.75, 3.05) is 0 Å². The van der Waals surface area contributed by atoms with Crippen molar-refractivity contribution in [2.45, 2.75) is 12.8 Å². The van der Waals surface area contributed by atoms with E-state index in [0.717, 1.165) is 18.4 Å². The number of hydrogen-bond donors (Lipinski definition) is 0. The van der Waals surface area contributed by atoms with Crippen LogP contribution in [0.3, 0.4) is 0 Å². The molecule has 0 N–H and O–H groups in total. The van der Waals surface area contributed by atoms with Crippen LogP contribution in [0.5, 0.6) is 0 Å². The van der Waals surface area contributed by atoms with Crippen LogP contribution in [0.15, 0.2) is 91.1 Å². The Morgan fingerprint density at radius 2 is 1.33 bits per heavy atom. The zero-order valence-electron chi connectivity index (χ0n) is 13.5. The van der Waals surface area contributed by atoms with E-state index in [0.29, 0.717) is 0 Å². The van der Waals surface area contributed by atoms with Gasteiger partial charge in [-0.05, 0) is 53.3 Å². The lowest BCUT2D eigenvalue weighted by Crippen LogP contribution is -1.92. The third-order valence-electron chi connectivity index (χ3n) is 4.44. The van der Waals surface area contributed by atoms with Crippen molar-refractivity contribution >= 4 is 10.9 Å². The Morgan fingerprint density at radius 1 is 0.625 bits per heavy atom. The smallest absolute Gasteiger partial charge is 0.0708 e. The van der Waals surface area contributed by atoms with E-state index in [1.54, 1.807) is 0 Å². The van der Waals surface area contributed by atoms with Gasteiger partial charge in [-0.3, -0.25) is 4.98 Å². The number of hydrogen-bond acceptors (Lipinski definition) is 1. The Morgan fingerprint density at radius 3 is 2.12 bits per heavy atom. The summed E-state index contributed by atoms with van der Waals surface area (Å²) in [6.07, 6.45) is 4.00. The van der Waals surface area contributed by atoms with Crippen LogP contribution in [-0.2, 0) is 12.8 Å². The van der Waals surface area contributed by atoms with Crippen LogP contribution in [0.25, 0.3) is 22.0 Å². The Kier molecular flexibility index (Phi) is 4.07. The molecule has 0 saturated heterocycles. The van der Waals surface area contributed by atoms with E-state index in [2.05, 4.69) is 89.9 Å². The molecule has 24 heavy (non-hydrogen) atoms. The third-order valence-corrected chi connectivity index (χ3v) is 4.44. The van der Waals surface area contributed by atoms with Crippen molar-refractivity contribution in [3.05, 3.63) is 102 Å². The molecule has 4 aromatic rings. The molecule has 0 aliphatic rings. The molecule has 0 fully saturated rings. The molecule has 3 aromatic carbocycles. The SMILES string of the molecule is c1ccc(CCc2ccc3nccc(-c4ccccc4)c3c2)cc1. The first-order valence-corrected chi connectivity index (χ1v) is 8.37. The van der Waals surface area contributed by atoms with E-state index in [4.69, 9.17) is 0 Å². The highest BCUT2D eigenvalue weighted by Crippen LogP contribution is 2.28. The Labute approximate surface area is 142 Å². The van der Waals surface area contributed by atoms with Gasteiger partial charge in [0.05, 0.1) is 5.52 Å². The molecule has 4 rings (SSSR count). The maximum Gasteiger partial charge on any atom is 0.0708 e. The molecule has 0 atom stereocenters. The van der Waals surface area contributed by atoms with Gasteiger partial charge < -0.3 is 0 Å². The number of fused-ring (bicyclic) bond motifs is 1. The van der Waals surface area contributed by atoms with Crippen LogP contribution in [0.4, 0.5) is 0 Å². The number of benzene rings is 3. The molecular weight excluding hydrogens is 290 g/mol. The van der Waals surface area contributed by atoms with Crippen LogP contribution in [0.2, 0.25) is 0 Å². The van der Waals surface area contributed by atoms with Gasteiger partial charge in [0.2, 0.25) is 0 Å². The zero-order chi connectivity index (χ0) is 16.2. The maximum atomic E-state index is 4.53. The van der Waals surface area contributed by atoms with E-state index < -0.39 is 0 Å². The largest absolute Gasteiger partial charge is 0.256 e. The predicted molar refractivity (Wildman–Crippen MR) is 101 cm³/mol. The molecule has 116 valence electrons. The summed E-state index contributed by atoms with van der Waals surface area (Å²) in [5, 5.41) is 1.23. The molecule has 0 saturated carbocycles. The van der Waals surface area contributed by atoms with Gasteiger partial charge in [-0.1, -0.05) is 66.7 Å². The van der Waals surface area contributed by atoms with Crippen LogP contribution in [0.1, 0.15) is 11.1 Å². The van der Waals surface area contributed by atoms with Gasteiger partial charge >= 0.3 is 0 Å². The van der Waals surface area contributed by atoms with Crippen LogP contribution in [-0.4, -0.2) is 4.98 Å². The van der Waals surface area contributed by atoms with E-state index in [1.165, 1.54) is 27.6 Å². The van der Waals surface area contributed by atoms with E-state index in [9.17, 15) is 0 Å². The summed E-state index contributed by atoms with van der Waals surface area (Å²) in [6.45, 7) is 0. The fourth-order valence-corrected chi connectivity index (χ4v) is 3.15. The molecule has 0 spiro atoms. The third kappa shape index (κ3) is 3.07. The fourth-order valence-electron chi connectivity index (χ4n) is 3.15. The predicted octanol–water partition coefficient (Wildman–Crippen LogP) is 5.69. The summed E-state index contributed by atoms with van der Waals surface area (Å²) in [7, 11) is 0. The fraction of sp³-hybridized carbons (Fsp3) is 0.0870. The van der Waals surface area contributed by atoms with Gasteiger partial charge in [-0.25, -0.2) is 0 Å². The second kappa shape index (κ2) is 6.67. The summed E-state index contributed by atoms with van der Waals surface area (Å²) in [5.41, 5.74) is 6.29. The summed E-state index contributed by atoms with van der Waals surface area (Å²) < 4.78 is 0. The minimum absolute atomic E-state index is 1.04. The normalized spacial score (nSPS) is 10.8. The topological polar surface area (TPSA) is 12.9 Å². The van der Waals surface area contributed by atoms with E-state index >= 15 is 0 Å². The van der Waals surface area contributed by atoms with Crippen molar-refractivity contribution in [1.29, 1.82) is 0 Å². The van der Waals surface area contributed by atoms with Gasteiger partial charge in [0.25, 0.3) is 0 Å². The molecule has 0 aliphatic carbocycles. The van der Waals surface area contributed by atoms with Crippen molar-refractivity contribution < 1.29 is 0 Å². The highest BCUT2D eigenvalue weighted by atomic mass is 14.6. The molecule has 0 aliphatic heterocycles. The highest BCUT2D eigenvalue weighted by Gasteiger charge is 2.05. The summed E-state index contributed by atoms with van der Waals surface area (Å²) in [4.78, 5) is 4.53. The van der Waals surface area contributed by atoms with Gasteiger partial charge in [-0.15, -0.1) is 0 Å². The molecule has 1 nitrogen and oxygen atoms in total. The minimum Gasteiger partial charge on any atom is -0.256 e. The second-order valence-electron chi connectivity index (χ2n) is 6.06. The molecule has 0 bridgehead atoms.